The number of halogens is 5. The molecule has 0 heterocycles. The van der Waals surface area contributed by atoms with Gasteiger partial charge >= 0.3 is 32.2 Å². The van der Waals surface area contributed by atoms with Crippen LogP contribution in [0.4, 0.5) is 0 Å². The zero-order chi connectivity index (χ0) is 19.0. The van der Waals surface area contributed by atoms with Crippen molar-refractivity contribution < 1.29 is 51.0 Å². The van der Waals surface area contributed by atoms with Crippen LogP contribution in [0.2, 0.25) is 6.04 Å². The van der Waals surface area contributed by atoms with E-state index >= 15 is 0 Å². The van der Waals surface area contributed by atoms with Crippen LogP contribution in [-0.4, -0.2) is 6.00 Å². The van der Waals surface area contributed by atoms with E-state index in [1.54, 1.807) is 0 Å². The molecular weight excluding hydrogens is 573 g/mol. The molecule has 1 atom stereocenters. The van der Waals surface area contributed by atoms with Gasteiger partial charge in [-0.25, -0.2) is 0 Å². The van der Waals surface area contributed by atoms with Gasteiger partial charge in [-0.15, -0.1) is 79.4 Å². The Hall–Kier alpha value is 0.340. The maximum Gasteiger partial charge on any atom is 3.00 e. The average Bonchev–Trinajstić information content (AvgIpc) is 3.14. The van der Waals surface area contributed by atoms with Gasteiger partial charge in [0.1, 0.15) is 0 Å². The van der Waals surface area contributed by atoms with Crippen molar-refractivity contribution in [2.45, 2.75) is 38.1 Å². The molecule has 0 amide bonds. The topological polar surface area (TPSA) is 0 Å². The molecule has 0 saturated heterocycles. The van der Waals surface area contributed by atoms with Gasteiger partial charge in [0.25, 0.3) is 0 Å². The third-order valence-electron chi connectivity index (χ3n) is 5.54. The number of hydrogen-bond donors (Lipinski definition) is 0. The van der Waals surface area contributed by atoms with E-state index < -0.39 is 6.00 Å². The first kappa shape index (κ1) is 28.4. The van der Waals surface area contributed by atoms with E-state index in [1.165, 1.54) is 38.6 Å². The molecule has 3 aromatic rings. The minimum Gasteiger partial charge on any atom is -1.00 e. The molecule has 1 unspecified atom stereocenters. The molecule has 7 heteroatoms. The van der Waals surface area contributed by atoms with Crippen LogP contribution < -0.4 is 24.8 Å². The summed E-state index contributed by atoms with van der Waals surface area (Å²) in [4.78, 5) is 0. The molecule has 3 aromatic carbocycles. The van der Waals surface area contributed by atoms with Crippen molar-refractivity contribution in [1.29, 1.82) is 0 Å². The van der Waals surface area contributed by atoms with Crippen molar-refractivity contribution in [2.24, 2.45) is 0 Å². The van der Waals surface area contributed by atoms with E-state index in [9.17, 15) is 0 Å². The molecule has 0 bridgehead atoms. The molecule has 0 aromatic heterocycles. The second-order valence-corrected chi connectivity index (χ2v) is 16.7. The van der Waals surface area contributed by atoms with Crippen LogP contribution >= 0.6 is 33.2 Å². The Labute approximate surface area is 225 Å². The molecule has 0 nitrogen and oxygen atoms in total. The fourth-order valence-corrected chi connectivity index (χ4v) is 6.22. The standard InChI is InChI=1S/C23H22Cl3Si.2ClH.Zr/c1-16-14-17-8-3-5-11-20(17)23(16)22-15-18-9-2-4-10-19(18)21(22)12-6-7-13-27(24,25)26;;;/h2-5,8-11,14-15,23H,6-7,12-13H2,1H3;2*1H;/q-1;;;+3/p-2. The van der Waals surface area contributed by atoms with Gasteiger partial charge in [-0.3, -0.25) is 0 Å². The summed E-state index contributed by atoms with van der Waals surface area (Å²) in [5.74, 6) is 0.353. The summed E-state index contributed by atoms with van der Waals surface area (Å²) in [6, 6.07) is 18.1. The normalized spacial score (nSPS) is 14.9. The number of aryl methyl sites for hydroxylation is 1. The fraction of sp³-hybridized carbons (Fsp3) is 0.261. The maximum atomic E-state index is 6.06. The van der Waals surface area contributed by atoms with Crippen LogP contribution in [0.25, 0.3) is 16.8 Å². The Morgan fingerprint density at radius 3 is 2.33 bits per heavy atom. The van der Waals surface area contributed by atoms with Crippen LogP contribution in [0.1, 0.15) is 47.9 Å². The fourth-order valence-electron chi connectivity index (χ4n) is 4.36. The second kappa shape index (κ2) is 12.0. The average molecular weight is 595 g/mol. The van der Waals surface area contributed by atoms with Crippen LogP contribution in [0, 0.1) is 0 Å². The van der Waals surface area contributed by atoms with Crippen molar-refractivity contribution in [3.63, 3.8) is 0 Å². The van der Waals surface area contributed by atoms with E-state index in [0.29, 0.717) is 5.92 Å². The van der Waals surface area contributed by atoms with Crippen LogP contribution in [0.15, 0.2) is 60.2 Å². The number of hydrogen-bond acceptors (Lipinski definition) is 0. The number of benzene rings is 2. The maximum absolute atomic E-state index is 6.06. The number of fused-ring (bicyclic) bond motifs is 2. The molecule has 4 rings (SSSR count). The first-order valence-electron chi connectivity index (χ1n) is 9.45. The van der Waals surface area contributed by atoms with Gasteiger partial charge < -0.3 is 24.8 Å². The largest absolute Gasteiger partial charge is 3.00 e. The zero-order valence-electron chi connectivity index (χ0n) is 16.6. The summed E-state index contributed by atoms with van der Waals surface area (Å²) in [6.07, 6.45) is 5.39. The van der Waals surface area contributed by atoms with Crippen LogP contribution in [-0.2, 0) is 32.6 Å². The Balaban J connectivity index is 0.00000150. The van der Waals surface area contributed by atoms with Crippen molar-refractivity contribution >= 4 is 56.1 Å². The van der Waals surface area contributed by atoms with Crippen molar-refractivity contribution in [3.8, 4) is 0 Å². The van der Waals surface area contributed by atoms with Gasteiger partial charge in [0.15, 0.2) is 0 Å². The summed E-state index contributed by atoms with van der Waals surface area (Å²) in [7, 11) is 0. The summed E-state index contributed by atoms with van der Waals surface area (Å²) < 4.78 is 0. The minimum absolute atomic E-state index is 0. The van der Waals surface area contributed by atoms with E-state index in [-0.39, 0.29) is 51.0 Å². The predicted octanol–water partition coefficient (Wildman–Crippen LogP) is 2.09. The molecule has 0 fully saturated rings. The molecule has 30 heavy (non-hydrogen) atoms. The molecule has 1 aliphatic carbocycles. The molecule has 157 valence electrons. The van der Waals surface area contributed by atoms with Crippen molar-refractivity contribution in [3.05, 3.63) is 82.4 Å². The molecule has 0 aliphatic heterocycles. The van der Waals surface area contributed by atoms with Crippen molar-refractivity contribution in [1.82, 2.24) is 0 Å². The van der Waals surface area contributed by atoms with E-state index in [0.717, 1.165) is 25.3 Å². The van der Waals surface area contributed by atoms with Gasteiger partial charge in [0.05, 0.1) is 0 Å². The Morgan fingerprint density at radius 1 is 0.933 bits per heavy atom. The van der Waals surface area contributed by atoms with Gasteiger partial charge in [-0.05, 0) is 24.1 Å². The van der Waals surface area contributed by atoms with Gasteiger partial charge in [-0.1, -0.05) is 61.2 Å². The minimum atomic E-state index is -2.52. The smallest absolute Gasteiger partial charge is 1.00 e. The Kier molecular flexibility index (Phi) is 11.3. The molecule has 1 radical (unpaired) electrons. The summed E-state index contributed by atoms with van der Waals surface area (Å²) in [5, 5.41) is 2.70. The second-order valence-electron chi connectivity index (χ2n) is 7.44. The molecule has 0 N–H and O–H groups in total. The quantitative estimate of drug-likeness (QED) is 0.178. The van der Waals surface area contributed by atoms with E-state index in [4.69, 9.17) is 33.2 Å². The summed E-state index contributed by atoms with van der Waals surface area (Å²) >= 11 is 18.2. The number of allylic oxidation sites excluding steroid dienone is 1. The van der Waals surface area contributed by atoms with Gasteiger partial charge in [-0.2, -0.15) is 0 Å². The molecule has 1 aliphatic rings. The van der Waals surface area contributed by atoms with Gasteiger partial charge in [0.2, 0.25) is 0 Å². The third kappa shape index (κ3) is 6.22. The monoisotopic (exact) mass is 591 g/mol. The van der Waals surface area contributed by atoms with E-state index in [1.807, 2.05) is 0 Å². The molecular formula is C23H22Cl5SiZr. The van der Waals surface area contributed by atoms with Crippen LogP contribution in [0.5, 0.6) is 0 Å². The SMILES string of the molecule is CC1=Cc2ccccc2C1c1[cH-]c2ccccc2c1CCCC[Si](Cl)(Cl)Cl.[Cl-].[Cl-].[Zr+3]. The first-order valence-corrected chi connectivity index (χ1v) is 14.7. The predicted molar refractivity (Wildman–Crippen MR) is 123 cm³/mol. The summed E-state index contributed by atoms with van der Waals surface area (Å²) in [6.45, 7) is 2.25. The van der Waals surface area contributed by atoms with Crippen LogP contribution in [0.3, 0.4) is 0 Å². The third-order valence-corrected chi connectivity index (χ3v) is 8.16. The van der Waals surface area contributed by atoms with E-state index in [2.05, 4.69) is 67.6 Å². The van der Waals surface area contributed by atoms with Gasteiger partial charge in [0, 0.05) is 5.92 Å². The zero-order valence-corrected chi connectivity index (χ0v) is 23.8. The Bertz CT molecular complexity index is 1010. The summed E-state index contributed by atoms with van der Waals surface area (Å²) in [5.41, 5.74) is 7.09. The Morgan fingerprint density at radius 2 is 1.60 bits per heavy atom. The molecule has 0 saturated carbocycles. The number of unbranched alkanes of at least 4 members (excludes halogenated alkanes) is 1. The molecule has 0 spiro atoms. The number of rotatable bonds is 6. The first-order chi connectivity index (χ1) is 12.9. The van der Waals surface area contributed by atoms with Crippen molar-refractivity contribution in [2.75, 3.05) is 0 Å².